The summed E-state index contributed by atoms with van der Waals surface area (Å²) in [6.45, 7) is 6.18. The molecule has 0 rings (SSSR count). The lowest BCUT2D eigenvalue weighted by atomic mass is 10.2. The zero-order valence-electron chi connectivity index (χ0n) is 10.8. The lowest BCUT2D eigenvalue weighted by molar-refractivity contribution is -0.138. The standard InChI is InChI=1S/C12H24F3NO/c1-3-8-16-9-4-6-11(2)17-10-5-7-12(13,14)15/h11,16H,3-10H2,1-2H3. The SMILES string of the molecule is CCCNCCCC(C)OCCCC(F)(F)F. The van der Waals surface area contributed by atoms with Gasteiger partial charge in [0.05, 0.1) is 6.10 Å². The van der Waals surface area contributed by atoms with Crippen LogP contribution in [-0.2, 0) is 4.74 Å². The highest BCUT2D eigenvalue weighted by Gasteiger charge is 2.26. The summed E-state index contributed by atoms with van der Waals surface area (Å²) in [4.78, 5) is 0. The van der Waals surface area contributed by atoms with Gasteiger partial charge in [-0.2, -0.15) is 13.2 Å². The molecule has 0 saturated heterocycles. The molecule has 0 aliphatic rings. The van der Waals surface area contributed by atoms with E-state index in [2.05, 4.69) is 12.2 Å². The summed E-state index contributed by atoms with van der Waals surface area (Å²) in [6.07, 6.45) is -1.70. The Morgan fingerprint density at radius 3 is 2.47 bits per heavy atom. The number of rotatable bonds is 10. The molecule has 1 unspecified atom stereocenters. The van der Waals surface area contributed by atoms with Crippen molar-refractivity contribution in [2.24, 2.45) is 0 Å². The zero-order valence-corrected chi connectivity index (χ0v) is 10.8. The molecule has 17 heavy (non-hydrogen) atoms. The third-order valence-corrected chi connectivity index (χ3v) is 2.40. The number of hydrogen-bond donors (Lipinski definition) is 1. The van der Waals surface area contributed by atoms with Gasteiger partial charge in [0.2, 0.25) is 0 Å². The Labute approximate surface area is 102 Å². The second-order valence-electron chi connectivity index (χ2n) is 4.29. The Balaban J connectivity index is 3.26. The van der Waals surface area contributed by atoms with Gasteiger partial charge >= 0.3 is 6.18 Å². The predicted molar refractivity (Wildman–Crippen MR) is 63.1 cm³/mol. The van der Waals surface area contributed by atoms with E-state index >= 15 is 0 Å². The highest BCUT2D eigenvalue weighted by Crippen LogP contribution is 2.21. The summed E-state index contributed by atoms with van der Waals surface area (Å²) < 4.78 is 40.8. The van der Waals surface area contributed by atoms with Gasteiger partial charge in [0.25, 0.3) is 0 Å². The summed E-state index contributed by atoms with van der Waals surface area (Å²) in [5, 5.41) is 3.27. The predicted octanol–water partition coefficient (Wildman–Crippen LogP) is 3.51. The van der Waals surface area contributed by atoms with Gasteiger partial charge in [0.1, 0.15) is 0 Å². The molecule has 0 bridgehead atoms. The van der Waals surface area contributed by atoms with E-state index in [4.69, 9.17) is 4.74 Å². The summed E-state index contributed by atoms with van der Waals surface area (Å²) in [7, 11) is 0. The molecule has 0 radical (unpaired) electrons. The van der Waals surface area contributed by atoms with Gasteiger partial charge in [-0.15, -0.1) is 0 Å². The molecule has 104 valence electrons. The Hall–Kier alpha value is -0.290. The van der Waals surface area contributed by atoms with Crippen LogP contribution in [0.15, 0.2) is 0 Å². The van der Waals surface area contributed by atoms with E-state index in [1.807, 2.05) is 6.92 Å². The molecule has 0 aromatic carbocycles. The molecule has 0 aromatic rings. The van der Waals surface area contributed by atoms with Crippen LogP contribution in [0.3, 0.4) is 0 Å². The van der Waals surface area contributed by atoms with Crippen molar-refractivity contribution in [2.45, 2.75) is 58.2 Å². The zero-order chi connectivity index (χ0) is 13.1. The normalized spacial score (nSPS) is 13.9. The molecular formula is C12H24F3NO. The maximum atomic E-state index is 11.8. The molecule has 0 spiro atoms. The average Bonchev–Trinajstić information content (AvgIpc) is 2.23. The number of hydrogen-bond acceptors (Lipinski definition) is 2. The van der Waals surface area contributed by atoms with E-state index in [9.17, 15) is 13.2 Å². The van der Waals surface area contributed by atoms with Crippen LogP contribution in [0.1, 0.15) is 46.0 Å². The molecule has 0 aromatic heterocycles. The summed E-state index contributed by atoms with van der Waals surface area (Å²) >= 11 is 0. The van der Waals surface area contributed by atoms with Gasteiger partial charge in [-0.3, -0.25) is 0 Å². The quantitative estimate of drug-likeness (QED) is 0.603. The minimum atomic E-state index is -4.06. The molecule has 0 saturated carbocycles. The van der Waals surface area contributed by atoms with Crippen LogP contribution in [0, 0.1) is 0 Å². The Morgan fingerprint density at radius 1 is 1.18 bits per heavy atom. The van der Waals surface area contributed by atoms with Gasteiger partial charge < -0.3 is 10.1 Å². The maximum Gasteiger partial charge on any atom is 0.389 e. The first kappa shape index (κ1) is 16.7. The highest BCUT2D eigenvalue weighted by molar-refractivity contribution is 4.55. The van der Waals surface area contributed by atoms with Crippen LogP contribution in [-0.4, -0.2) is 32.0 Å². The second kappa shape index (κ2) is 9.71. The van der Waals surface area contributed by atoms with Crippen LogP contribution < -0.4 is 5.32 Å². The number of nitrogens with one attached hydrogen (secondary N) is 1. The van der Waals surface area contributed by atoms with Crippen molar-refractivity contribution < 1.29 is 17.9 Å². The summed E-state index contributed by atoms with van der Waals surface area (Å²) in [5.41, 5.74) is 0. The van der Waals surface area contributed by atoms with E-state index in [-0.39, 0.29) is 19.1 Å². The Bertz CT molecular complexity index is 174. The average molecular weight is 255 g/mol. The molecule has 5 heteroatoms. The largest absolute Gasteiger partial charge is 0.389 e. The van der Waals surface area contributed by atoms with E-state index in [1.54, 1.807) is 0 Å². The fourth-order valence-electron chi connectivity index (χ4n) is 1.46. The lowest BCUT2D eigenvalue weighted by Crippen LogP contribution is -2.18. The third-order valence-electron chi connectivity index (χ3n) is 2.40. The van der Waals surface area contributed by atoms with Gasteiger partial charge in [-0.1, -0.05) is 6.92 Å². The van der Waals surface area contributed by atoms with Crippen molar-refractivity contribution >= 4 is 0 Å². The van der Waals surface area contributed by atoms with Crippen molar-refractivity contribution in [1.82, 2.24) is 5.32 Å². The van der Waals surface area contributed by atoms with Crippen molar-refractivity contribution in [1.29, 1.82) is 0 Å². The fraction of sp³-hybridized carbons (Fsp3) is 1.00. The van der Waals surface area contributed by atoms with Crippen molar-refractivity contribution in [3.8, 4) is 0 Å². The van der Waals surface area contributed by atoms with Gasteiger partial charge in [0.15, 0.2) is 0 Å². The van der Waals surface area contributed by atoms with Crippen LogP contribution in [0.2, 0.25) is 0 Å². The first-order chi connectivity index (χ1) is 7.95. The minimum absolute atomic E-state index is 0.0478. The van der Waals surface area contributed by atoms with Crippen LogP contribution in [0.5, 0.6) is 0 Å². The third kappa shape index (κ3) is 13.6. The van der Waals surface area contributed by atoms with Crippen LogP contribution >= 0.6 is 0 Å². The second-order valence-corrected chi connectivity index (χ2v) is 4.29. The molecular weight excluding hydrogens is 231 g/mol. The van der Waals surface area contributed by atoms with Gasteiger partial charge in [-0.05, 0) is 45.7 Å². The van der Waals surface area contributed by atoms with Crippen LogP contribution in [0.4, 0.5) is 13.2 Å². The van der Waals surface area contributed by atoms with Gasteiger partial charge in [-0.25, -0.2) is 0 Å². The topological polar surface area (TPSA) is 21.3 Å². The first-order valence-electron chi connectivity index (χ1n) is 6.34. The van der Waals surface area contributed by atoms with Crippen molar-refractivity contribution in [2.75, 3.05) is 19.7 Å². The molecule has 2 nitrogen and oxygen atoms in total. The van der Waals surface area contributed by atoms with E-state index in [0.29, 0.717) is 0 Å². The Kier molecular flexibility index (Phi) is 9.55. The maximum absolute atomic E-state index is 11.8. The molecule has 0 aliphatic carbocycles. The summed E-state index contributed by atoms with van der Waals surface area (Å²) in [6, 6.07) is 0. The molecule has 1 N–H and O–H groups in total. The molecule has 0 aliphatic heterocycles. The number of halogens is 3. The molecule has 0 fully saturated rings. The van der Waals surface area contributed by atoms with E-state index < -0.39 is 12.6 Å². The van der Waals surface area contributed by atoms with Gasteiger partial charge in [0, 0.05) is 13.0 Å². The highest BCUT2D eigenvalue weighted by atomic mass is 19.4. The summed E-state index contributed by atoms with van der Waals surface area (Å²) in [5.74, 6) is 0. The van der Waals surface area contributed by atoms with E-state index in [1.165, 1.54) is 0 Å². The molecule has 0 heterocycles. The lowest BCUT2D eigenvalue weighted by Gasteiger charge is -2.13. The number of alkyl halides is 3. The minimum Gasteiger partial charge on any atom is -0.379 e. The van der Waals surface area contributed by atoms with Crippen molar-refractivity contribution in [3.63, 3.8) is 0 Å². The van der Waals surface area contributed by atoms with Crippen molar-refractivity contribution in [3.05, 3.63) is 0 Å². The first-order valence-corrected chi connectivity index (χ1v) is 6.34. The van der Waals surface area contributed by atoms with Crippen LogP contribution in [0.25, 0.3) is 0 Å². The molecule has 1 atom stereocenters. The smallest absolute Gasteiger partial charge is 0.379 e. The monoisotopic (exact) mass is 255 g/mol. The Morgan fingerprint density at radius 2 is 1.88 bits per heavy atom. The fourth-order valence-corrected chi connectivity index (χ4v) is 1.46. The van der Waals surface area contributed by atoms with E-state index in [0.717, 1.165) is 32.4 Å². The number of ether oxygens (including phenoxy) is 1. The molecule has 0 amide bonds.